The number of hydrogen-bond donors (Lipinski definition) is 0. The number of rotatable bonds is 4. The van der Waals surface area contributed by atoms with E-state index < -0.39 is 4.92 Å². The van der Waals surface area contributed by atoms with Gasteiger partial charge in [0.05, 0.1) is 16.2 Å². The zero-order valence-electron chi connectivity index (χ0n) is 19.8. The lowest BCUT2D eigenvalue weighted by molar-refractivity contribution is -0.385. The van der Waals surface area contributed by atoms with Crippen LogP contribution in [0.2, 0.25) is 0 Å². The molecule has 0 unspecified atom stereocenters. The second-order valence-corrected chi connectivity index (χ2v) is 8.93. The second kappa shape index (κ2) is 9.21. The van der Waals surface area contributed by atoms with Gasteiger partial charge < -0.3 is 14.4 Å². The maximum atomic E-state index is 14.0. The molecule has 2 aromatic carbocycles. The monoisotopic (exact) mass is 469 g/mol. The summed E-state index contributed by atoms with van der Waals surface area (Å²) in [6.45, 7) is 4.59. The average molecular weight is 470 g/mol. The Balaban J connectivity index is 1.47. The molecule has 5 rings (SSSR count). The number of aromatic nitrogens is 2. The van der Waals surface area contributed by atoms with E-state index in [0.29, 0.717) is 25.5 Å². The van der Waals surface area contributed by atoms with Crippen LogP contribution in [0, 0.1) is 17.0 Å². The summed E-state index contributed by atoms with van der Waals surface area (Å²) >= 11 is 0. The first-order valence-corrected chi connectivity index (χ1v) is 11.7. The quantitative estimate of drug-likeness (QED) is 0.316. The van der Waals surface area contributed by atoms with Crippen molar-refractivity contribution in [3.05, 3.63) is 88.1 Å². The minimum absolute atomic E-state index is 0.0248. The number of pyridine rings is 1. The molecule has 4 aromatic rings. The highest BCUT2D eigenvalue weighted by Gasteiger charge is 2.28. The van der Waals surface area contributed by atoms with Crippen LogP contribution < -0.4 is 4.90 Å². The van der Waals surface area contributed by atoms with E-state index >= 15 is 0 Å². The van der Waals surface area contributed by atoms with Crippen molar-refractivity contribution in [2.24, 2.45) is 7.05 Å². The Morgan fingerprint density at radius 2 is 1.80 bits per heavy atom. The molecule has 1 aliphatic rings. The van der Waals surface area contributed by atoms with E-state index in [1.165, 1.54) is 12.3 Å². The molecule has 1 aliphatic heterocycles. The number of benzene rings is 2. The summed E-state index contributed by atoms with van der Waals surface area (Å²) in [7, 11) is 2.02. The summed E-state index contributed by atoms with van der Waals surface area (Å²) in [4.78, 5) is 32.8. The highest BCUT2D eigenvalue weighted by atomic mass is 16.6. The number of amides is 1. The highest BCUT2D eigenvalue weighted by molar-refractivity contribution is 6.13. The van der Waals surface area contributed by atoms with Crippen LogP contribution in [0.3, 0.4) is 0 Å². The Labute approximate surface area is 203 Å². The predicted octanol–water partition coefficient (Wildman–Crippen LogP) is 4.81. The molecule has 8 heteroatoms. The number of anilines is 1. The zero-order chi connectivity index (χ0) is 24.5. The van der Waals surface area contributed by atoms with Gasteiger partial charge in [-0.1, -0.05) is 42.5 Å². The lowest BCUT2D eigenvalue weighted by Gasteiger charge is -2.23. The Morgan fingerprint density at radius 1 is 1.00 bits per heavy atom. The van der Waals surface area contributed by atoms with E-state index in [-0.39, 0.29) is 11.6 Å². The van der Waals surface area contributed by atoms with Crippen LogP contribution in [0.1, 0.15) is 22.3 Å². The molecule has 178 valence electrons. The SMILES string of the molecule is Cc1ccc2c(C(=O)N3CCCN(c4ccc([N+](=O)[O-])cn4)CC3)c(-c3ccccc3)n(C)c2c1. The van der Waals surface area contributed by atoms with Gasteiger partial charge in [-0.3, -0.25) is 14.9 Å². The Morgan fingerprint density at radius 3 is 2.51 bits per heavy atom. The molecule has 1 saturated heterocycles. The first-order chi connectivity index (χ1) is 16.9. The summed E-state index contributed by atoms with van der Waals surface area (Å²) in [5.41, 5.74) is 4.83. The minimum atomic E-state index is -0.449. The van der Waals surface area contributed by atoms with Crippen molar-refractivity contribution < 1.29 is 9.72 Å². The predicted molar refractivity (Wildman–Crippen MR) is 137 cm³/mol. The molecule has 1 amide bonds. The van der Waals surface area contributed by atoms with E-state index in [4.69, 9.17) is 0 Å². The number of fused-ring (bicyclic) bond motifs is 1. The number of carbonyl (C=O) groups is 1. The van der Waals surface area contributed by atoms with Crippen LogP contribution in [-0.4, -0.2) is 51.5 Å². The maximum absolute atomic E-state index is 14.0. The molecule has 3 heterocycles. The fourth-order valence-electron chi connectivity index (χ4n) is 4.88. The smallest absolute Gasteiger partial charge is 0.287 e. The second-order valence-electron chi connectivity index (χ2n) is 8.93. The molecule has 0 bridgehead atoms. The lowest BCUT2D eigenvalue weighted by atomic mass is 10.0. The van der Waals surface area contributed by atoms with Gasteiger partial charge >= 0.3 is 0 Å². The van der Waals surface area contributed by atoms with Crippen molar-refractivity contribution in [1.29, 1.82) is 0 Å². The van der Waals surface area contributed by atoms with Crippen molar-refractivity contribution in [2.45, 2.75) is 13.3 Å². The number of nitrogens with zero attached hydrogens (tertiary/aromatic N) is 5. The fourth-order valence-corrected chi connectivity index (χ4v) is 4.88. The van der Waals surface area contributed by atoms with Crippen LogP contribution in [0.4, 0.5) is 11.5 Å². The standard InChI is InChI=1S/C27H27N5O3/c1-19-9-11-22-23(17-19)29(2)26(20-7-4-3-5-8-20)25(22)27(33)31-14-6-13-30(15-16-31)24-12-10-21(18-28-24)32(34)35/h3-5,7-12,17-18H,6,13-16H2,1-2H3. The van der Waals surface area contributed by atoms with Crippen molar-refractivity contribution >= 4 is 28.3 Å². The number of nitro groups is 1. The highest BCUT2D eigenvalue weighted by Crippen LogP contribution is 2.34. The molecule has 0 radical (unpaired) electrons. The molecule has 0 saturated carbocycles. The van der Waals surface area contributed by atoms with Gasteiger partial charge in [-0.15, -0.1) is 0 Å². The van der Waals surface area contributed by atoms with Gasteiger partial charge in [0.25, 0.3) is 11.6 Å². The molecule has 0 N–H and O–H groups in total. The number of carbonyl (C=O) groups excluding carboxylic acids is 1. The maximum Gasteiger partial charge on any atom is 0.287 e. The molecule has 1 fully saturated rings. The summed E-state index contributed by atoms with van der Waals surface area (Å²) in [6, 6.07) is 19.4. The van der Waals surface area contributed by atoms with Crippen LogP contribution in [0.15, 0.2) is 66.9 Å². The first-order valence-electron chi connectivity index (χ1n) is 11.7. The van der Waals surface area contributed by atoms with Crippen molar-refractivity contribution in [3.8, 4) is 11.3 Å². The van der Waals surface area contributed by atoms with E-state index in [0.717, 1.165) is 46.3 Å². The number of hydrogen-bond acceptors (Lipinski definition) is 5. The van der Waals surface area contributed by atoms with E-state index in [1.807, 2.05) is 42.3 Å². The van der Waals surface area contributed by atoms with Gasteiger partial charge in [-0.2, -0.15) is 0 Å². The van der Waals surface area contributed by atoms with Gasteiger partial charge in [-0.05, 0) is 36.6 Å². The third kappa shape index (κ3) is 4.23. The first kappa shape index (κ1) is 22.6. The van der Waals surface area contributed by atoms with Gasteiger partial charge in [0.1, 0.15) is 12.0 Å². The summed E-state index contributed by atoms with van der Waals surface area (Å²) in [5, 5.41) is 11.9. The molecular weight excluding hydrogens is 442 g/mol. The summed E-state index contributed by atoms with van der Waals surface area (Å²) in [5.74, 6) is 0.715. The van der Waals surface area contributed by atoms with Crippen LogP contribution in [-0.2, 0) is 7.05 Å². The van der Waals surface area contributed by atoms with E-state index in [1.54, 1.807) is 6.07 Å². The van der Waals surface area contributed by atoms with Crippen molar-refractivity contribution in [1.82, 2.24) is 14.5 Å². The topological polar surface area (TPSA) is 84.5 Å². The van der Waals surface area contributed by atoms with Crippen molar-refractivity contribution in [3.63, 3.8) is 0 Å². The zero-order valence-corrected chi connectivity index (χ0v) is 19.8. The molecule has 0 atom stereocenters. The molecule has 0 spiro atoms. The molecule has 0 aliphatic carbocycles. The fraction of sp³-hybridized carbons (Fsp3) is 0.259. The molecule has 2 aromatic heterocycles. The lowest BCUT2D eigenvalue weighted by Crippen LogP contribution is -2.35. The average Bonchev–Trinajstić information content (AvgIpc) is 3.01. The van der Waals surface area contributed by atoms with Gasteiger partial charge in [0, 0.05) is 50.2 Å². The number of aryl methyl sites for hydroxylation is 2. The molecule has 35 heavy (non-hydrogen) atoms. The van der Waals surface area contributed by atoms with Gasteiger partial charge in [0.2, 0.25) is 0 Å². The Hall–Kier alpha value is -4.20. The van der Waals surface area contributed by atoms with Crippen LogP contribution in [0.5, 0.6) is 0 Å². The largest absolute Gasteiger partial charge is 0.355 e. The van der Waals surface area contributed by atoms with E-state index in [2.05, 4.69) is 39.6 Å². The summed E-state index contributed by atoms with van der Waals surface area (Å²) in [6.07, 6.45) is 2.07. The van der Waals surface area contributed by atoms with Crippen molar-refractivity contribution in [2.75, 3.05) is 31.1 Å². The summed E-state index contributed by atoms with van der Waals surface area (Å²) < 4.78 is 2.12. The Bertz CT molecular complexity index is 1400. The minimum Gasteiger partial charge on any atom is -0.355 e. The molecular formula is C27H27N5O3. The normalized spacial score (nSPS) is 14.2. The van der Waals surface area contributed by atoms with Gasteiger partial charge in [0.15, 0.2) is 0 Å². The van der Waals surface area contributed by atoms with Crippen LogP contribution in [0.25, 0.3) is 22.2 Å². The Kier molecular flexibility index (Phi) is 5.94. The van der Waals surface area contributed by atoms with Gasteiger partial charge in [-0.25, -0.2) is 4.98 Å². The van der Waals surface area contributed by atoms with Crippen LogP contribution >= 0.6 is 0 Å². The molecule has 8 nitrogen and oxygen atoms in total. The third-order valence-corrected chi connectivity index (χ3v) is 6.67. The third-order valence-electron chi connectivity index (χ3n) is 6.67. The van der Waals surface area contributed by atoms with E-state index in [9.17, 15) is 14.9 Å².